The molecule has 0 atom stereocenters. The van der Waals surface area contributed by atoms with E-state index in [0.717, 1.165) is 54.3 Å². The SMILES string of the molecule is COc1ccccc1N1CCN(C(=O)CCn2ncc3c2c(C)nn3C)CC1. The van der Waals surface area contributed by atoms with Gasteiger partial charge < -0.3 is 14.5 Å². The minimum atomic E-state index is 0.171. The van der Waals surface area contributed by atoms with Crippen LogP contribution in [-0.4, -0.2) is 63.7 Å². The second-order valence-electron chi connectivity index (χ2n) is 7.10. The van der Waals surface area contributed by atoms with Crippen LogP contribution in [0.2, 0.25) is 0 Å². The van der Waals surface area contributed by atoms with Crippen molar-refractivity contribution in [3.8, 4) is 5.75 Å². The van der Waals surface area contributed by atoms with Gasteiger partial charge in [-0.15, -0.1) is 0 Å². The molecule has 0 bridgehead atoms. The maximum Gasteiger partial charge on any atom is 0.224 e. The maximum atomic E-state index is 12.7. The number of carbonyl (C=O) groups is 1. The summed E-state index contributed by atoms with van der Waals surface area (Å²) >= 11 is 0. The Bertz CT molecular complexity index is 984. The summed E-state index contributed by atoms with van der Waals surface area (Å²) in [5.41, 5.74) is 4.03. The van der Waals surface area contributed by atoms with E-state index >= 15 is 0 Å². The highest BCUT2D eigenvalue weighted by atomic mass is 16.5. The van der Waals surface area contributed by atoms with Crippen molar-refractivity contribution in [2.45, 2.75) is 19.9 Å². The third-order valence-electron chi connectivity index (χ3n) is 5.41. The smallest absolute Gasteiger partial charge is 0.224 e. The standard InChI is InChI=1S/C20H26N6O2/c1-15-20-17(23(2)22-15)14-21-26(20)9-8-19(27)25-12-10-24(11-13-25)16-6-4-5-7-18(16)28-3/h4-7,14H,8-13H2,1-3H3. The van der Waals surface area contributed by atoms with Crippen molar-refractivity contribution in [2.75, 3.05) is 38.2 Å². The number of benzene rings is 1. The summed E-state index contributed by atoms with van der Waals surface area (Å²) in [4.78, 5) is 16.9. The first kappa shape index (κ1) is 18.3. The predicted octanol–water partition coefficient (Wildman–Crippen LogP) is 1.83. The lowest BCUT2D eigenvalue weighted by Gasteiger charge is -2.36. The average Bonchev–Trinajstić information content (AvgIpc) is 3.27. The third kappa shape index (κ3) is 3.30. The molecule has 1 aliphatic heterocycles. The normalized spacial score (nSPS) is 14.7. The number of nitrogens with zero attached hydrogens (tertiary/aromatic N) is 6. The molecule has 0 aliphatic carbocycles. The van der Waals surface area contributed by atoms with Crippen LogP contribution in [0.3, 0.4) is 0 Å². The molecule has 1 fully saturated rings. The highest BCUT2D eigenvalue weighted by Gasteiger charge is 2.23. The lowest BCUT2D eigenvalue weighted by molar-refractivity contribution is -0.131. The van der Waals surface area contributed by atoms with E-state index in [1.807, 2.05) is 52.6 Å². The summed E-state index contributed by atoms with van der Waals surface area (Å²) in [5, 5.41) is 8.85. The van der Waals surface area contributed by atoms with Crippen molar-refractivity contribution in [3.63, 3.8) is 0 Å². The highest BCUT2D eigenvalue weighted by Crippen LogP contribution is 2.28. The van der Waals surface area contributed by atoms with E-state index in [0.29, 0.717) is 13.0 Å². The molecular weight excluding hydrogens is 356 g/mol. The van der Waals surface area contributed by atoms with Crippen molar-refractivity contribution >= 4 is 22.6 Å². The van der Waals surface area contributed by atoms with Gasteiger partial charge >= 0.3 is 0 Å². The molecule has 0 N–H and O–H groups in total. The molecule has 28 heavy (non-hydrogen) atoms. The molecule has 1 saturated heterocycles. The second-order valence-corrected chi connectivity index (χ2v) is 7.10. The zero-order valence-corrected chi connectivity index (χ0v) is 16.6. The number of ether oxygens (including phenoxy) is 1. The topological polar surface area (TPSA) is 68.4 Å². The minimum Gasteiger partial charge on any atom is -0.495 e. The second kappa shape index (κ2) is 7.53. The molecule has 0 radical (unpaired) electrons. The van der Waals surface area contributed by atoms with E-state index in [2.05, 4.69) is 21.2 Å². The average molecular weight is 382 g/mol. The Hall–Kier alpha value is -3.03. The predicted molar refractivity (Wildman–Crippen MR) is 108 cm³/mol. The number of hydrogen-bond acceptors (Lipinski definition) is 5. The molecule has 8 nitrogen and oxygen atoms in total. The van der Waals surface area contributed by atoms with Crippen molar-refractivity contribution in [3.05, 3.63) is 36.2 Å². The Labute approximate surface area is 164 Å². The van der Waals surface area contributed by atoms with E-state index in [4.69, 9.17) is 4.74 Å². The van der Waals surface area contributed by atoms with Gasteiger partial charge in [0.2, 0.25) is 5.91 Å². The van der Waals surface area contributed by atoms with Gasteiger partial charge in [-0.25, -0.2) is 0 Å². The minimum absolute atomic E-state index is 0.171. The van der Waals surface area contributed by atoms with Crippen LogP contribution in [0.15, 0.2) is 30.5 Å². The molecule has 8 heteroatoms. The van der Waals surface area contributed by atoms with Gasteiger partial charge in [0.1, 0.15) is 16.8 Å². The van der Waals surface area contributed by atoms with Crippen LogP contribution in [0.4, 0.5) is 5.69 Å². The van der Waals surface area contributed by atoms with Crippen LogP contribution in [0.5, 0.6) is 5.75 Å². The van der Waals surface area contributed by atoms with E-state index in [-0.39, 0.29) is 5.91 Å². The van der Waals surface area contributed by atoms with Gasteiger partial charge in [-0.1, -0.05) is 12.1 Å². The van der Waals surface area contributed by atoms with Crippen LogP contribution in [0.25, 0.3) is 11.0 Å². The number of hydrogen-bond donors (Lipinski definition) is 0. The molecule has 4 rings (SSSR count). The lowest BCUT2D eigenvalue weighted by atomic mass is 10.2. The van der Waals surface area contributed by atoms with Gasteiger partial charge in [0.15, 0.2) is 0 Å². The Morgan fingerprint density at radius 3 is 2.68 bits per heavy atom. The quantitative estimate of drug-likeness (QED) is 0.673. The zero-order valence-electron chi connectivity index (χ0n) is 16.6. The summed E-state index contributed by atoms with van der Waals surface area (Å²) < 4.78 is 9.18. The Morgan fingerprint density at radius 1 is 1.18 bits per heavy atom. The molecule has 0 unspecified atom stereocenters. The van der Waals surface area contributed by atoms with Crippen molar-refractivity contribution in [1.82, 2.24) is 24.5 Å². The summed E-state index contributed by atoms with van der Waals surface area (Å²) in [6, 6.07) is 8.02. The summed E-state index contributed by atoms with van der Waals surface area (Å²) in [6.07, 6.45) is 2.26. The Kier molecular flexibility index (Phi) is 4.93. The molecule has 0 spiro atoms. The molecule has 1 aliphatic rings. The fourth-order valence-corrected chi connectivity index (χ4v) is 3.93. The van der Waals surface area contributed by atoms with E-state index in [1.54, 1.807) is 7.11 Å². The van der Waals surface area contributed by atoms with Crippen LogP contribution in [0, 0.1) is 6.92 Å². The van der Waals surface area contributed by atoms with Crippen LogP contribution in [-0.2, 0) is 18.4 Å². The van der Waals surface area contributed by atoms with E-state index in [1.165, 1.54) is 0 Å². The number of para-hydroxylation sites is 2. The largest absolute Gasteiger partial charge is 0.495 e. The van der Waals surface area contributed by atoms with Gasteiger partial charge in [-0.05, 0) is 19.1 Å². The van der Waals surface area contributed by atoms with E-state index < -0.39 is 0 Å². The number of aryl methyl sites for hydroxylation is 3. The summed E-state index contributed by atoms with van der Waals surface area (Å²) in [6.45, 7) is 5.59. The van der Waals surface area contributed by atoms with Crippen LogP contribution in [0.1, 0.15) is 12.1 Å². The number of aromatic nitrogens is 4. The first-order valence-electron chi connectivity index (χ1n) is 9.59. The molecule has 2 aromatic heterocycles. The molecule has 0 saturated carbocycles. The molecule has 3 aromatic rings. The molecule has 3 heterocycles. The van der Waals surface area contributed by atoms with Gasteiger partial charge in [-0.2, -0.15) is 10.2 Å². The van der Waals surface area contributed by atoms with Crippen LogP contribution >= 0.6 is 0 Å². The number of fused-ring (bicyclic) bond motifs is 1. The van der Waals surface area contributed by atoms with Crippen molar-refractivity contribution in [2.24, 2.45) is 7.05 Å². The Balaban J connectivity index is 1.35. The van der Waals surface area contributed by atoms with Gasteiger partial charge in [-0.3, -0.25) is 14.2 Å². The molecule has 148 valence electrons. The van der Waals surface area contributed by atoms with Gasteiger partial charge in [0.05, 0.1) is 31.2 Å². The summed E-state index contributed by atoms with van der Waals surface area (Å²) in [7, 11) is 3.60. The third-order valence-corrected chi connectivity index (χ3v) is 5.41. The lowest BCUT2D eigenvalue weighted by Crippen LogP contribution is -2.49. The monoisotopic (exact) mass is 382 g/mol. The van der Waals surface area contributed by atoms with Crippen molar-refractivity contribution < 1.29 is 9.53 Å². The maximum absolute atomic E-state index is 12.7. The summed E-state index contributed by atoms with van der Waals surface area (Å²) in [5.74, 6) is 1.04. The number of rotatable bonds is 5. The number of piperazine rings is 1. The van der Waals surface area contributed by atoms with E-state index in [9.17, 15) is 4.79 Å². The van der Waals surface area contributed by atoms with Gasteiger partial charge in [0.25, 0.3) is 0 Å². The number of methoxy groups -OCH3 is 1. The van der Waals surface area contributed by atoms with Crippen molar-refractivity contribution in [1.29, 1.82) is 0 Å². The molecular formula is C20H26N6O2. The fraction of sp³-hybridized carbons (Fsp3) is 0.450. The van der Waals surface area contributed by atoms with Crippen LogP contribution < -0.4 is 9.64 Å². The fourth-order valence-electron chi connectivity index (χ4n) is 3.93. The zero-order chi connectivity index (χ0) is 19.7. The Morgan fingerprint density at radius 2 is 1.93 bits per heavy atom. The van der Waals surface area contributed by atoms with Gasteiger partial charge in [0, 0.05) is 39.6 Å². The highest BCUT2D eigenvalue weighted by molar-refractivity contribution is 5.79. The first-order valence-corrected chi connectivity index (χ1v) is 9.59. The first-order chi connectivity index (χ1) is 13.6. The molecule has 1 aromatic carbocycles. The number of amides is 1. The number of carbonyl (C=O) groups excluding carboxylic acids is 1. The molecule has 1 amide bonds. The number of anilines is 1.